The van der Waals surface area contributed by atoms with E-state index in [-0.39, 0.29) is 5.91 Å². The molecule has 2 N–H and O–H groups in total. The van der Waals surface area contributed by atoms with Gasteiger partial charge in [-0.05, 0) is 51.2 Å². The van der Waals surface area contributed by atoms with Crippen molar-refractivity contribution < 1.29 is 4.79 Å². The maximum absolute atomic E-state index is 13.1. The number of hydrogen-bond donors (Lipinski definition) is 1. The zero-order valence-corrected chi connectivity index (χ0v) is 19.3. The number of aryl methyl sites for hydroxylation is 1. The largest absolute Gasteiger partial charge is 0.384 e. The molecule has 166 valence electrons. The molecule has 0 radical (unpaired) electrons. The Morgan fingerprint density at radius 2 is 1.97 bits per heavy atom. The molecule has 1 aromatic carbocycles. The van der Waals surface area contributed by atoms with E-state index in [4.69, 9.17) is 17.3 Å². The van der Waals surface area contributed by atoms with Gasteiger partial charge in [-0.25, -0.2) is 15.0 Å². The van der Waals surface area contributed by atoms with Crippen molar-refractivity contribution in [3.8, 4) is 22.4 Å². The molecule has 0 bridgehead atoms. The van der Waals surface area contributed by atoms with Gasteiger partial charge in [-0.3, -0.25) is 4.79 Å². The molecule has 1 amide bonds. The van der Waals surface area contributed by atoms with E-state index in [2.05, 4.69) is 19.9 Å². The minimum Gasteiger partial charge on any atom is -0.384 e. The molecular weight excluding hydrogens is 424 g/mol. The molecule has 32 heavy (non-hydrogen) atoms. The lowest BCUT2D eigenvalue weighted by molar-refractivity contribution is 0.0783. The second-order valence-corrected chi connectivity index (χ2v) is 8.63. The number of likely N-dealkylation sites (tertiary alicyclic amines) is 1. The number of rotatable bonds is 5. The summed E-state index contributed by atoms with van der Waals surface area (Å²) in [5, 5.41) is 0.416. The highest BCUT2D eigenvalue weighted by atomic mass is 35.5. The molecule has 1 saturated heterocycles. The Balaban J connectivity index is 1.69. The first-order valence-electron chi connectivity index (χ1n) is 10.7. The summed E-state index contributed by atoms with van der Waals surface area (Å²) in [6, 6.07) is 9.55. The Labute approximate surface area is 193 Å². The number of amides is 1. The molecule has 0 saturated carbocycles. The Kier molecular flexibility index (Phi) is 6.39. The van der Waals surface area contributed by atoms with Gasteiger partial charge in [0.1, 0.15) is 12.1 Å². The van der Waals surface area contributed by atoms with Crippen molar-refractivity contribution >= 4 is 23.3 Å². The van der Waals surface area contributed by atoms with E-state index in [0.29, 0.717) is 29.0 Å². The molecule has 3 aromatic rings. The topological polar surface area (TPSA) is 88.2 Å². The Morgan fingerprint density at radius 3 is 2.59 bits per heavy atom. The van der Waals surface area contributed by atoms with Gasteiger partial charge in [-0.1, -0.05) is 24.6 Å². The number of carbonyl (C=O) groups is 1. The van der Waals surface area contributed by atoms with Crippen LogP contribution in [-0.4, -0.2) is 63.9 Å². The van der Waals surface area contributed by atoms with Crippen molar-refractivity contribution in [3.63, 3.8) is 0 Å². The lowest BCUT2D eigenvalue weighted by Crippen LogP contribution is -2.34. The number of nitrogens with two attached hydrogens (primary N) is 1. The smallest absolute Gasteiger partial charge is 0.255 e. The fourth-order valence-electron chi connectivity index (χ4n) is 4.12. The van der Waals surface area contributed by atoms with Gasteiger partial charge in [-0.15, -0.1) is 0 Å². The van der Waals surface area contributed by atoms with Crippen LogP contribution in [-0.2, 0) is 6.42 Å². The average Bonchev–Trinajstić information content (AvgIpc) is 3.29. The van der Waals surface area contributed by atoms with Crippen LogP contribution in [0, 0.1) is 0 Å². The third-order valence-electron chi connectivity index (χ3n) is 5.99. The lowest BCUT2D eigenvalue weighted by atomic mass is 9.97. The summed E-state index contributed by atoms with van der Waals surface area (Å²) in [5.41, 5.74) is 10.5. The third-order valence-corrected chi connectivity index (χ3v) is 6.30. The van der Waals surface area contributed by atoms with Gasteiger partial charge in [0, 0.05) is 42.0 Å². The number of pyridine rings is 1. The van der Waals surface area contributed by atoms with Crippen LogP contribution in [0.15, 0.2) is 42.9 Å². The average molecular weight is 451 g/mol. The first-order chi connectivity index (χ1) is 15.4. The number of nitrogen functional groups attached to an aromatic ring is 1. The van der Waals surface area contributed by atoms with Crippen LogP contribution in [0.3, 0.4) is 0 Å². The van der Waals surface area contributed by atoms with Gasteiger partial charge < -0.3 is 15.5 Å². The first-order valence-corrected chi connectivity index (χ1v) is 11.1. The highest BCUT2D eigenvalue weighted by Gasteiger charge is 2.29. The Morgan fingerprint density at radius 1 is 1.19 bits per heavy atom. The maximum Gasteiger partial charge on any atom is 0.255 e. The van der Waals surface area contributed by atoms with Crippen LogP contribution >= 0.6 is 11.6 Å². The van der Waals surface area contributed by atoms with Crippen LogP contribution in [0.5, 0.6) is 0 Å². The summed E-state index contributed by atoms with van der Waals surface area (Å²) < 4.78 is 0. The van der Waals surface area contributed by atoms with Crippen molar-refractivity contribution in [1.82, 2.24) is 24.8 Å². The molecule has 2 aromatic heterocycles. The van der Waals surface area contributed by atoms with Crippen molar-refractivity contribution in [2.75, 3.05) is 32.9 Å². The summed E-state index contributed by atoms with van der Waals surface area (Å²) in [5.74, 6) is 0.417. The van der Waals surface area contributed by atoms with E-state index in [1.54, 1.807) is 24.7 Å². The van der Waals surface area contributed by atoms with Crippen LogP contribution in [0.1, 0.15) is 29.4 Å². The van der Waals surface area contributed by atoms with E-state index >= 15 is 0 Å². The summed E-state index contributed by atoms with van der Waals surface area (Å²) in [7, 11) is 4.09. The maximum atomic E-state index is 13.1. The van der Waals surface area contributed by atoms with Gasteiger partial charge in [0.25, 0.3) is 5.91 Å². The summed E-state index contributed by atoms with van der Waals surface area (Å²) in [6.07, 6.45) is 4.99. The van der Waals surface area contributed by atoms with Gasteiger partial charge in [0.2, 0.25) is 0 Å². The molecule has 8 heteroatoms. The normalized spacial score (nSPS) is 16.0. The summed E-state index contributed by atoms with van der Waals surface area (Å²) in [4.78, 5) is 30.3. The number of halogens is 1. The number of carbonyl (C=O) groups excluding carboxylic acids is 1. The van der Waals surface area contributed by atoms with E-state index in [1.165, 1.54) is 0 Å². The minimum absolute atomic E-state index is 0.0363. The van der Waals surface area contributed by atoms with Crippen LogP contribution in [0.4, 0.5) is 5.82 Å². The third kappa shape index (κ3) is 4.31. The number of nitrogens with zero attached hydrogens (tertiary/aromatic N) is 5. The number of benzene rings is 1. The van der Waals surface area contributed by atoms with Crippen molar-refractivity contribution in [2.45, 2.75) is 25.8 Å². The second kappa shape index (κ2) is 9.22. The molecular formula is C24H27ClN6O. The van der Waals surface area contributed by atoms with Crippen LogP contribution < -0.4 is 5.73 Å². The van der Waals surface area contributed by atoms with Crippen molar-refractivity contribution in [3.05, 3.63) is 59.1 Å². The quantitative estimate of drug-likeness (QED) is 0.636. The van der Waals surface area contributed by atoms with Gasteiger partial charge in [-0.2, -0.15) is 0 Å². The molecule has 1 unspecified atom stereocenters. The Hall–Kier alpha value is -3.03. The van der Waals surface area contributed by atoms with Gasteiger partial charge in [0.05, 0.1) is 22.0 Å². The molecule has 7 nitrogen and oxygen atoms in total. The number of anilines is 1. The fourth-order valence-corrected chi connectivity index (χ4v) is 4.38. The molecule has 1 fully saturated rings. The lowest BCUT2D eigenvalue weighted by Gasteiger charge is -2.21. The molecule has 1 aliphatic heterocycles. The van der Waals surface area contributed by atoms with Gasteiger partial charge >= 0.3 is 0 Å². The predicted octanol–water partition coefficient (Wildman–Crippen LogP) is 3.78. The highest BCUT2D eigenvalue weighted by Crippen LogP contribution is 2.35. The zero-order valence-electron chi connectivity index (χ0n) is 18.5. The fraction of sp³-hybridized carbons (Fsp3) is 0.333. The van der Waals surface area contributed by atoms with E-state index < -0.39 is 0 Å². The second-order valence-electron chi connectivity index (χ2n) is 8.22. The number of hydrogen-bond acceptors (Lipinski definition) is 6. The molecule has 4 rings (SSSR count). The van der Waals surface area contributed by atoms with Crippen LogP contribution in [0.25, 0.3) is 22.4 Å². The highest BCUT2D eigenvalue weighted by molar-refractivity contribution is 6.34. The van der Waals surface area contributed by atoms with Gasteiger partial charge in [0.15, 0.2) is 0 Å². The monoisotopic (exact) mass is 450 g/mol. The van der Waals surface area contributed by atoms with E-state index in [0.717, 1.165) is 47.5 Å². The molecule has 1 aliphatic rings. The predicted molar refractivity (Wildman–Crippen MR) is 127 cm³/mol. The molecule has 0 aliphatic carbocycles. The van der Waals surface area contributed by atoms with E-state index in [9.17, 15) is 4.79 Å². The Bertz CT molecular complexity index is 1130. The number of aromatic nitrogens is 3. The first kappa shape index (κ1) is 22.2. The van der Waals surface area contributed by atoms with Crippen molar-refractivity contribution in [1.29, 1.82) is 0 Å². The van der Waals surface area contributed by atoms with Crippen LogP contribution in [0.2, 0.25) is 5.02 Å². The zero-order chi connectivity index (χ0) is 22.8. The molecule has 3 heterocycles. The summed E-state index contributed by atoms with van der Waals surface area (Å²) >= 11 is 6.61. The molecule has 0 spiro atoms. The summed E-state index contributed by atoms with van der Waals surface area (Å²) in [6.45, 7) is 3.50. The number of likely N-dealkylation sites (N-methyl/N-ethyl adjacent to an activating group) is 1. The van der Waals surface area contributed by atoms with E-state index in [1.807, 2.05) is 44.1 Å². The van der Waals surface area contributed by atoms with Crippen molar-refractivity contribution in [2.24, 2.45) is 0 Å². The molecule has 1 atom stereocenters. The SMILES string of the molecule is CCc1ncnc(-c2ccc(C(=O)N3CCC(N(C)C)C3)c(Cl)c2)c1-c1ccc(N)nc1. The standard InChI is InChI=1S/C24H27ClN6O/c1-4-20-22(16-6-8-21(26)27-12-16)23(29-14-28-20)15-5-7-18(19(25)11-15)24(32)31-10-9-17(13-31)30(2)3/h5-8,11-12,14,17H,4,9-10,13H2,1-3H3,(H2,26,27). The minimum atomic E-state index is -0.0363.